The number of amides is 2. The van der Waals surface area contributed by atoms with E-state index in [4.69, 9.17) is 15.5 Å². The number of nitrogens with zero attached hydrogens (tertiary/aromatic N) is 2. The molecule has 0 bridgehead atoms. The van der Waals surface area contributed by atoms with Crippen molar-refractivity contribution < 1.29 is 24.6 Å². The molecule has 0 aromatic heterocycles. The number of nitrogens with one attached hydrogen (secondary N) is 1. The van der Waals surface area contributed by atoms with Crippen LogP contribution in [0.4, 0.5) is 4.79 Å². The largest absolute Gasteiger partial charge is 0.481 e. The Balaban J connectivity index is 4.52. The summed E-state index contributed by atoms with van der Waals surface area (Å²) in [5, 5.41) is 27.8. The van der Waals surface area contributed by atoms with Gasteiger partial charge >= 0.3 is 18.0 Å². The fourth-order valence-electron chi connectivity index (χ4n) is 1.20. The summed E-state index contributed by atoms with van der Waals surface area (Å²) in [7, 11) is 0. The minimum Gasteiger partial charge on any atom is -0.481 e. The molecule has 8 nitrogen and oxygen atoms in total. The molecule has 0 spiro atoms. The third-order valence-electron chi connectivity index (χ3n) is 2.14. The molecule has 0 aliphatic carbocycles. The van der Waals surface area contributed by atoms with Crippen molar-refractivity contribution in [2.45, 2.75) is 25.8 Å². The molecule has 0 unspecified atom stereocenters. The smallest absolute Gasteiger partial charge is 0.326 e. The van der Waals surface area contributed by atoms with Gasteiger partial charge in [0.05, 0.1) is 18.9 Å². The molecule has 1 atom stereocenters. The number of carbonyl (C=O) groups excluding carboxylic acids is 1. The number of carboxylic acid groups (broad SMARTS) is 2. The van der Waals surface area contributed by atoms with Gasteiger partial charge in [-0.3, -0.25) is 4.79 Å². The Labute approximate surface area is 104 Å². The molecule has 0 aliphatic heterocycles. The first-order valence-corrected chi connectivity index (χ1v) is 5.29. The molecule has 0 fully saturated rings. The minimum absolute atomic E-state index is 0.123. The number of hydrogen-bond acceptors (Lipinski definition) is 4. The van der Waals surface area contributed by atoms with E-state index in [1.165, 1.54) is 4.90 Å². The minimum atomic E-state index is -1.48. The molecular weight excluding hydrogens is 242 g/mol. The zero-order valence-electron chi connectivity index (χ0n) is 9.92. The summed E-state index contributed by atoms with van der Waals surface area (Å²) >= 11 is 0. The van der Waals surface area contributed by atoms with Crippen LogP contribution in [0.5, 0.6) is 0 Å². The molecule has 0 radical (unpaired) electrons. The van der Waals surface area contributed by atoms with E-state index in [9.17, 15) is 14.4 Å². The number of urea groups is 1. The molecule has 0 heterocycles. The Morgan fingerprint density at radius 3 is 2.39 bits per heavy atom. The number of nitriles is 1. The third kappa shape index (κ3) is 5.69. The quantitative estimate of drug-likeness (QED) is 0.581. The summed E-state index contributed by atoms with van der Waals surface area (Å²) in [6.45, 7) is 2.13. The highest BCUT2D eigenvalue weighted by atomic mass is 16.4. The monoisotopic (exact) mass is 257 g/mol. The van der Waals surface area contributed by atoms with E-state index < -0.39 is 30.4 Å². The number of carbonyl (C=O) groups is 3. The van der Waals surface area contributed by atoms with Crippen LogP contribution in [0.25, 0.3) is 0 Å². The predicted octanol–water partition coefficient (Wildman–Crippen LogP) is -0.141. The third-order valence-corrected chi connectivity index (χ3v) is 2.14. The van der Waals surface area contributed by atoms with Crippen LogP contribution in [0.2, 0.25) is 0 Å². The van der Waals surface area contributed by atoms with Crippen molar-refractivity contribution in [3.8, 4) is 6.07 Å². The second kappa shape index (κ2) is 7.89. The lowest BCUT2D eigenvalue weighted by Gasteiger charge is -2.22. The molecule has 2 amide bonds. The van der Waals surface area contributed by atoms with Gasteiger partial charge in [-0.25, -0.2) is 9.59 Å². The second-order valence-corrected chi connectivity index (χ2v) is 3.43. The van der Waals surface area contributed by atoms with Crippen LogP contribution in [-0.4, -0.2) is 52.2 Å². The number of aliphatic carboxylic acids is 2. The van der Waals surface area contributed by atoms with E-state index in [2.05, 4.69) is 5.32 Å². The standard InChI is InChI=1S/C10H15N3O5/c1-2-13(5-3-4-11)10(18)12-7(9(16)17)6-8(14)15/h7H,2-3,5-6H2,1H3,(H,12,18)(H,14,15)(H,16,17)/t7-/m1/s1. The number of rotatable bonds is 7. The molecule has 0 aromatic rings. The van der Waals surface area contributed by atoms with Gasteiger partial charge in [0.15, 0.2) is 0 Å². The van der Waals surface area contributed by atoms with Crippen LogP contribution < -0.4 is 5.32 Å². The fourth-order valence-corrected chi connectivity index (χ4v) is 1.20. The van der Waals surface area contributed by atoms with Crippen LogP contribution in [0.3, 0.4) is 0 Å². The molecular formula is C10H15N3O5. The first kappa shape index (κ1) is 15.7. The highest BCUT2D eigenvalue weighted by Crippen LogP contribution is 1.97. The Kier molecular flexibility index (Phi) is 6.88. The fraction of sp³-hybridized carbons (Fsp3) is 0.600. The summed E-state index contributed by atoms with van der Waals surface area (Å²) in [6, 6.07) is -0.310. The van der Waals surface area contributed by atoms with Gasteiger partial charge < -0.3 is 20.4 Å². The zero-order chi connectivity index (χ0) is 14.1. The number of carboxylic acids is 2. The zero-order valence-corrected chi connectivity index (χ0v) is 9.92. The van der Waals surface area contributed by atoms with Gasteiger partial charge in [0.25, 0.3) is 0 Å². The molecule has 0 aromatic carbocycles. The summed E-state index contributed by atoms with van der Waals surface area (Å²) in [4.78, 5) is 34.0. The molecule has 100 valence electrons. The lowest BCUT2D eigenvalue weighted by Crippen LogP contribution is -2.48. The van der Waals surface area contributed by atoms with Crippen molar-refractivity contribution in [3.05, 3.63) is 0 Å². The van der Waals surface area contributed by atoms with Crippen molar-refractivity contribution in [3.63, 3.8) is 0 Å². The van der Waals surface area contributed by atoms with Crippen LogP contribution >= 0.6 is 0 Å². The van der Waals surface area contributed by atoms with E-state index in [1.807, 2.05) is 6.07 Å². The van der Waals surface area contributed by atoms with Gasteiger partial charge in [0, 0.05) is 13.1 Å². The molecule has 8 heteroatoms. The second-order valence-electron chi connectivity index (χ2n) is 3.43. The average Bonchev–Trinajstić information content (AvgIpc) is 2.28. The van der Waals surface area contributed by atoms with E-state index in [-0.39, 0.29) is 13.0 Å². The highest BCUT2D eigenvalue weighted by molar-refractivity contribution is 5.86. The molecule has 18 heavy (non-hydrogen) atoms. The van der Waals surface area contributed by atoms with Crippen molar-refractivity contribution in [1.29, 1.82) is 5.26 Å². The lowest BCUT2D eigenvalue weighted by molar-refractivity contribution is -0.145. The topological polar surface area (TPSA) is 131 Å². The van der Waals surface area contributed by atoms with Crippen molar-refractivity contribution >= 4 is 18.0 Å². The summed E-state index contributed by atoms with van der Waals surface area (Å²) in [5.41, 5.74) is 0. The van der Waals surface area contributed by atoms with E-state index in [0.29, 0.717) is 6.54 Å². The molecule has 0 saturated heterocycles. The van der Waals surface area contributed by atoms with Gasteiger partial charge in [0.1, 0.15) is 6.04 Å². The van der Waals surface area contributed by atoms with Crippen molar-refractivity contribution in [2.75, 3.05) is 13.1 Å². The predicted molar refractivity (Wildman–Crippen MR) is 59.7 cm³/mol. The highest BCUT2D eigenvalue weighted by Gasteiger charge is 2.24. The summed E-state index contributed by atoms with van der Waals surface area (Å²) in [5.74, 6) is -2.73. The Morgan fingerprint density at radius 2 is 2.00 bits per heavy atom. The Bertz CT molecular complexity index is 363. The summed E-state index contributed by atoms with van der Waals surface area (Å²) in [6.07, 6.45) is -0.575. The summed E-state index contributed by atoms with van der Waals surface area (Å²) < 4.78 is 0. The normalized spacial score (nSPS) is 11.1. The SMILES string of the molecule is CCN(CCC#N)C(=O)N[C@H](CC(=O)O)C(=O)O. The van der Waals surface area contributed by atoms with E-state index in [1.54, 1.807) is 6.92 Å². The molecule has 0 rings (SSSR count). The average molecular weight is 257 g/mol. The van der Waals surface area contributed by atoms with Gasteiger partial charge in [-0.05, 0) is 6.92 Å². The van der Waals surface area contributed by atoms with Gasteiger partial charge in [0.2, 0.25) is 0 Å². The van der Waals surface area contributed by atoms with Crippen LogP contribution in [-0.2, 0) is 9.59 Å². The molecule has 3 N–H and O–H groups in total. The van der Waals surface area contributed by atoms with Crippen LogP contribution in [0.1, 0.15) is 19.8 Å². The Hall–Kier alpha value is -2.30. The molecule has 0 saturated carbocycles. The maximum Gasteiger partial charge on any atom is 0.326 e. The molecule has 0 aliphatic rings. The van der Waals surface area contributed by atoms with Crippen LogP contribution in [0.15, 0.2) is 0 Å². The van der Waals surface area contributed by atoms with Crippen LogP contribution in [0, 0.1) is 11.3 Å². The maximum atomic E-state index is 11.6. The first-order chi connectivity index (χ1) is 8.42. The van der Waals surface area contributed by atoms with Crippen molar-refractivity contribution in [1.82, 2.24) is 10.2 Å². The first-order valence-electron chi connectivity index (χ1n) is 5.29. The van der Waals surface area contributed by atoms with E-state index in [0.717, 1.165) is 0 Å². The van der Waals surface area contributed by atoms with Crippen molar-refractivity contribution in [2.24, 2.45) is 0 Å². The van der Waals surface area contributed by atoms with Gasteiger partial charge in [-0.15, -0.1) is 0 Å². The number of hydrogen-bond donors (Lipinski definition) is 3. The Morgan fingerprint density at radius 1 is 1.39 bits per heavy atom. The lowest BCUT2D eigenvalue weighted by atomic mass is 10.2. The van der Waals surface area contributed by atoms with E-state index >= 15 is 0 Å². The van der Waals surface area contributed by atoms with Gasteiger partial charge in [-0.1, -0.05) is 0 Å². The maximum absolute atomic E-state index is 11.6. The van der Waals surface area contributed by atoms with Gasteiger partial charge in [-0.2, -0.15) is 5.26 Å².